The van der Waals surface area contributed by atoms with Crippen molar-refractivity contribution in [3.8, 4) is 0 Å². The number of Topliss-reactive ketones (excluding diaryl/α,β-unsaturated/α-hetero) is 1. The SMILES string of the molecule is CC(=O)O[C@@H]1C=C2CC[C@H]3[C@@H]4CCC(=O)[C@]4(C)CC[C@@H]3[C@@]2(C)CC1. The number of allylic oxidation sites excluding steroid dienone is 1. The summed E-state index contributed by atoms with van der Waals surface area (Å²) >= 11 is 0. The maximum atomic E-state index is 12.5. The van der Waals surface area contributed by atoms with E-state index in [-0.39, 0.29) is 22.9 Å². The summed E-state index contributed by atoms with van der Waals surface area (Å²) in [6, 6.07) is 0. The Bertz CT molecular complexity index is 606. The van der Waals surface area contributed by atoms with Crippen molar-refractivity contribution in [2.24, 2.45) is 28.6 Å². The van der Waals surface area contributed by atoms with Gasteiger partial charge in [0.25, 0.3) is 0 Å². The van der Waals surface area contributed by atoms with Crippen LogP contribution in [0.15, 0.2) is 11.6 Å². The smallest absolute Gasteiger partial charge is 0.303 e. The maximum absolute atomic E-state index is 12.5. The molecule has 6 atom stereocenters. The number of ether oxygens (including phenoxy) is 1. The first kappa shape index (κ1) is 16.4. The number of hydrogen-bond donors (Lipinski definition) is 0. The third-order valence-corrected chi connectivity index (χ3v) is 8.10. The van der Waals surface area contributed by atoms with Crippen LogP contribution in [0.3, 0.4) is 0 Å². The van der Waals surface area contributed by atoms with Crippen molar-refractivity contribution in [3.05, 3.63) is 11.6 Å². The van der Waals surface area contributed by atoms with E-state index >= 15 is 0 Å². The second-order valence-corrected chi connectivity index (χ2v) is 9.13. The summed E-state index contributed by atoms with van der Waals surface area (Å²) < 4.78 is 5.46. The lowest BCUT2D eigenvalue weighted by molar-refractivity contribution is -0.145. The minimum absolute atomic E-state index is 0.0240. The van der Waals surface area contributed by atoms with E-state index in [9.17, 15) is 9.59 Å². The molecule has 4 aliphatic rings. The molecule has 3 nitrogen and oxygen atoms in total. The van der Waals surface area contributed by atoms with Crippen molar-refractivity contribution >= 4 is 11.8 Å². The van der Waals surface area contributed by atoms with Crippen LogP contribution in [0.4, 0.5) is 0 Å². The molecule has 0 radical (unpaired) electrons. The van der Waals surface area contributed by atoms with Gasteiger partial charge in [-0.1, -0.05) is 19.4 Å². The zero-order chi connectivity index (χ0) is 17.1. The summed E-state index contributed by atoms with van der Waals surface area (Å²) in [6.07, 6.45) is 10.8. The van der Waals surface area contributed by atoms with Gasteiger partial charge in [0.2, 0.25) is 0 Å². The molecule has 3 heteroatoms. The van der Waals surface area contributed by atoms with Crippen molar-refractivity contribution in [2.45, 2.75) is 78.2 Å². The summed E-state index contributed by atoms with van der Waals surface area (Å²) in [5.41, 5.74) is 1.74. The van der Waals surface area contributed by atoms with Gasteiger partial charge in [-0.3, -0.25) is 9.59 Å². The Morgan fingerprint density at radius 3 is 2.50 bits per heavy atom. The molecule has 4 rings (SSSR count). The van der Waals surface area contributed by atoms with Gasteiger partial charge in [0.1, 0.15) is 11.9 Å². The minimum Gasteiger partial charge on any atom is -0.458 e. The van der Waals surface area contributed by atoms with Crippen molar-refractivity contribution in [1.82, 2.24) is 0 Å². The molecule has 0 bridgehead atoms. The highest BCUT2D eigenvalue weighted by Gasteiger charge is 2.58. The van der Waals surface area contributed by atoms with E-state index in [0.29, 0.717) is 23.5 Å². The Balaban J connectivity index is 1.61. The van der Waals surface area contributed by atoms with Gasteiger partial charge in [-0.05, 0) is 74.2 Å². The van der Waals surface area contributed by atoms with Gasteiger partial charge in [0.15, 0.2) is 0 Å². The normalized spacial score (nSPS) is 47.3. The molecule has 0 amide bonds. The number of esters is 1. The standard InChI is InChI=1S/C21H30O3/c1-13(22)24-15-8-10-20(2)14(12-15)4-5-16-17-6-7-19(23)21(17,3)11-9-18(16)20/h12,15-18H,4-11H2,1-3H3/t15-,16-,17-,18-,20-,21+/m0/s1. The summed E-state index contributed by atoms with van der Waals surface area (Å²) in [5, 5.41) is 0. The monoisotopic (exact) mass is 330 g/mol. The average Bonchev–Trinajstić information content (AvgIpc) is 2.83. The Morgan fingerprint density at radius 2 is 1.75 bits per heavy atom. The molecule has 0 unspecified atom stereocenters. The van der Waals surface area contributed by atoms with Gasteiger partial charge in [-0.25, -0.2) is 0 Å². The van der Waals surface area contributed by atoms with Gasteiger partial charge in [0, 0.05) is 18.8 Å². The van der Waals surface area contributed by atoms with Crippen LogP contribution in [0.5, 0.6) is 0 Å². The first-order valence-electron chi connectivity index (χ1n) is 9.76. The molecule has 0 spiro atoms. The molecule has 3 saturated carbocycles. The second-order valence-electron chi connectivity index (χ2n) is 9.13. The van der Waals surface area contributed by atoms with Gasteiger partial charge in [0.05, 0.1) is 0 Å². The fourth-order valence-electron chi connectivity index (χ4n) is 6.77. The molecule has 132 valence electrons. The summed E-state index contributed by atoms with van der Waals surface area (Å²) in [7, 11) is 0. The predicted molar refractivity (Wildman–Crippen MR) is 92.3 cm³/mol. The molecule has 0 saturated heterocycles. The van der Waals surface area contributed by atoms with E-state index in [1.54, 1.807) is 0 Å². The topological polar surface area (TPSA) is 43.4 Å². The van der Waals surface area contributed by atoms with E-state index in [0.717, 1.165) is 38.5 Å². The molecule has 0 aromatic rings. The Labute approximate surface area is 145 Å². The highest BCUT2D eigenvalue weighted by atomic mass is 16.5. The first-order valence-corrected chi connectivity index (χ1v) is 9.76. The summed E-state index contributed by atoms with van der Waals surface area (Å²) in [5.74, 6) is 2.37. The first-order chi connectivity index (χ1) is 11.3. The number of carbonyl (C=O) groups is 2. The lowest BCUT2D eigenvalue weighted by atomic mass is 9.47. The molecular weight excluding hydrogens is 300 g/mol. The third-order valence-electron chi connectivity index (χ3n) is 8.10. The van der Waals surface area contributed by atoms with Crippen LogP contribution in [0.25, 0.3) is 0 Å². The molecule has 0 heterocycles. The van der Waals surface area contributed by atoms with Gasteiger partial charge >= 0.3 is 5.97 Å². The van der Waals surface area contributed by atoms with Crippen LogP contribution in [-0.4, -0.2) is 17.9 Å². The molecular formula is C21H30O3. The van der Waals surface area contributed by atoms with Crippen LogP contribution in [0, 0.1) is 28.6 Å². The van der Waals surface area contributed by atoms with Crippen LogP contribution >= 0.6 is 0 Å². The number of hydrogen-bond acceptors (Lipinski definition) is 3. The highest BCUT2D eigenvalue weighted by Crippen LogP contribution is 2.64. The van der Waals surface area contributed by atoms with E-state index in [1.807, 2.05) is 0 Å². The van der Waals surface area contributed by atoms with Crippen LogP contribution in [0.1, 0.15) is 72.1 Å². The fraction of sp³-hybridized carbons (Fsp3) is 0.810. The van der Waals surface area contributed by atoms with Crippen LogP contribution < -0.4 is 0 Å². The Hall–Kier alpha value is -1.12. The van der Waals surface area contributed by atoms with Crippen molar-refractivity contribution in [1.29, 1.82) is 0 Å². The lowest BCUT2D eigenvalue weighted by Gasteiger charge is -2.57. The zero-order valence-electron chi connectivity index (χ0n) is 15.3. The Kier molecular flexibility index (Phi) is 3.71. The Morgan fingerprint density at radius 1 is 1.04 bits per heavy atom. The van der Waals surface area contributed by atoms with E-state index in [2.05, 4.69) is 19.9 Å². The summed E-state index contributed by atoms with van der Waals surface area (Å²) in [4.78, 5) is 23.7. The molecule has 3 fully saturated rings. The number of fused-ring (bicyclic) bond motifs is 5. The molecule has 4 aliphatic carbocycles. The van der Waals surface area contributed by atoms with Crippen molar-refractivity contribution < 1.29 is 14.3 Å². The van der Waals surface area contributed by atoms with Crippen molar-refractivity contribution in [3.63, 3.8) is 0 Å². The zero-order valence-corrected chi connectivity index (χ0v) is 15.3. The van der Waals surface area contributed by atoms with Crippen LogP contribution in [0.2, 0.25) is 0 Å². The van der Waals surface area contributed by atoms with Gasteiger partial charge in [-0.2, -0.15) is 0 Å². The minimum atomic E-state index is -0.174. The molecule has 0 aliphatic heterocycles. The number of rotatable bonds is 1. The van der Waals surface area contributed by atoms with Gasteiger partial charge in [-0.15, -0.1) is 0 Å². The lowest BCUT2D eigenvalue weighted by Crippen LogP contribution is -2.50. The predicted octanol–water partition coefficient (Wildman–Crippen LogP) is 4.45. The molecule has 0 aromatic carbocycles. The van der Waals surface area contributed by atoms with E-state index in [1.165, 1.54) is 25.3 Å². The maximum Gasteiger partial charge on any atom is 0.303 e. The average molecular weight is 330 g/mol. The van der Waals surface area contributed by atoms with Crippen molar-refractivity contribution in [2.75, 3.05) is 0 Å². The fourth-order valence-corrected chi connectivity index (χ4v) is 6.77. The van der Waals surface area contributed by atoms with Crippen LogP contribution in [-0.2, 0) is 14.3 Å². The quantitative estimate of drug-likeness (QED) is 0.527. The number of carbonyl (C=O) groups excluding carboxylic acids is 2. The molecule has 0 aromatic heterocycles. The third kappa shape index (κ3) is 2.23. The highest BCUT2D eigenvalue weighted by molar-refractivity contribution is 5.87. The van der Waals surface area contributed by atoms with E-state index in [4.69, 9.17) is 4.74 Å². The molecule has 24 heavy (non-hydrogen) atoms. The largest absolute Gasteiger partial charge is 0.458 e. The second kappa shape index (κ2) is 5.44. The van der Waals surface area contributed by atoms with Gasteiger partial charge < -0.3 is 4.74 Å². The summed E-state index contributed by atoms with van der Waals surface area (Å²) in [6.45, 7) is 6.19. The van der Waals surface area contributed by atoms with E-state index < -0.39 is 0 Å². The molecule has 0 N–H and O–H groups in total. The number of ketones is 1.